The molecule has 0 saturated carbocycles. The molecular formula is C18H18BrNO. The highest BCUT2D eigenvalue weighted by Crippen LogP contribution is 2.26. The van der Waals surface area contributed by atoms with Crippen molar-refractivity contribution in [3.05, 3.63) is 69.9 Å². The summed E-state index contributed by atoms with van der Waals surface area (Å²) in [5.74, 6) is 0.991. The van der Waals surface area contributed by atoms with E-state index in [0.717, 1.165) is 22.4 Å². The van der Waals surface area contributed by atoms with Gasteiger partial charge in [-0.25, -0.2) is 0 Å². The Morgan fingerprint density at radius 1 is 1.14 bits per heavy atom. The van der Waals surface area contributed by atoms with E-state index in [2.05, 4.69) is 58.5 Å². The Hall–Kier alpha value is -1.58. The van der Waals surface area contributed by atoms with Gasteiger partial charge in [0.2, 0.25) is 0 Å². The fourth-order valence-corrected chi connectivity index (χ4v) is 3.01. The van der Waals surface area contributed by atoms with E-state index in [0.29, 0.717) is 0 Å². The minimum atomic E-state index is 0.288. The van der Waals surface area contributed by atoms with Crippen LogP contribution < -0.4 is 5.32 Å². The summed E-state index contributed by atoms with van der Waals surface area (Å²) in [5, 5.41) is 4.78. The minimum Gasteiger partial charge on any atom is -0.461 e. The second-order valence-electron chi connectivity index (χ2n) is 5.29. The highest BCUT2D eigenvalue weighted by Gasteiger charge is 2.12. The van der Waals surface area contributed by atoms with Gasteiger partial charge in [-0.15, -0.1) is 0 Å². The van der Waals surface area contributed by atoms with Gasteiger partial charge in [0.05, 0.1) is 0 Å². The minimum absolute atomic E-state index is 0.288. The zero-order valence-corrected chi connectivity index (χ0v) is 13.8. The highest BCUT2D eigenvalue weighted by atomic mass is 79.9. The molecule has 21 heavy (non-hydrogen) atoms. The summed E-state index contributed by atoms with van der Waals surface area (Å²) in [4.78, 5) is 0. The Bertz CT molecular complexity index is 763. The molecule has 0 amide bonds. The second kappa shape index (κ2) is 6.04. The van der Waals surface area contributed by atoms with E-state index < -0.39 is 0 Å². The van der Waals surface area contributed by atoms with Crippen molar-refractivity contribution in [1.82, 2.24) is 5.32 Å². The predicted octanol–water partition coefficient (Wildman–Crippen LogP) is 5.35. The molecule has 0 fully saturated rings. The van der Waals surface area contributed by atoms with Crippen molar-refractivity contribution < 1.29 is 4.42 Å². The van der Waals surface area contributed by atoms with Gasteiger partial charge in [-0.3, -0.25) is 0 Å². The molecule has 0 spiro atoms. The Morgan fingerprint density at radius 2 is 1.95 bits per heavy atom. The summed E-state index contributed by atoms with van der Waals surface area (Å²) in [6.07, 6.45) is 0. The average Bonchev–Trinajstić information content (AvgIpc) is 2.80. The maximum absolute atomic E-state index is 5.81. The van der Waals surface area contributed by atoms with Crippen molar-refractivity contribution >= 4 is 26.9 Å². The number of fused-ring (bicyclic) bond motifs is 1. The first-order chi connectivity index (χ1) is 10.1. The van der Waals surface area contributed by atoms with Gasteiger partial charge in [-0.05, 0) is 37.6 Å². The van der Waals surface area contributed by atoms with Gasteiger partial charge in [-0.1, -0.05) is 46.3 Å². The van der Waals surface area contributed by atoms with Crippen molar-refractivity contribution in [2.24, 2.45) is 0 Å². The molecule has 0 aliphatic heterocycles. The van der Waals surface area contributed by atoms with Gasteiger partial charge in [0.1, 0.15) is 11.3 Å². The molecule has 3 aromatic rings. The Kier molecular flexibility index (Phi) is 4.13. The molecule has 0 radical (unpaired) electrons. The molecule has 2 aromatic carbocycles. The van der Waals surface area contributed by atoms with E-state index in [-0.39, 0.29) is 6.04 Å². The van der Waals surface area contributed by atoms with E-state index in [9.17, 15) is 0 Å². The van der Waals surface area contributed by atoms with Crippen molar-refractivity contribution in [3.8, 4) is 0 Å². The number of hydrogen-bond donors (Lipinski definition) is 1. The van der Waals surface area contributed by atoms with Crippen LogP contribution in [0.25, 0.3) is 11.0 Å². The quantitative estimate of drug-likeness (QED) is 0.690. The third kappa shape index (κ3) is 3.04. The van der Waals surface area contributed by atoms with Crippen LogP contribution in [0.1, 0.15) is 29.9 Å². The lowest BCUT2D eigenvalue weighted by Crippen LogP contribution is -2.18. The van der Waals surface area contributed by atoms with E-state index in [1.54, 1.807) is 0 Å². The molecule has 1 unspecified atom stereocenters. The first-order valence-electron chi connectivity index (χ1n) is 7.11. The SMILES string of the molecule is Cc1oc2ccccc2c1CNC(C)c1cccc(Br)c1. The number of benzene rings is 2. The molecule has 1 heterocycles. The van der Waals surface area contributed by atoms with E-state index in [1.807, 2.05) is 25.1 Å². The topological polar surface area (TPSA) is 25.2 Å². The van der Waals surface area contributed by atoms with Crippen LogP contribution in [-0.4, -0.2) is 0 Å². The maximum Gasteiger partial charge on any atom is 0.134 e. The summed E-state index contributed by atoms with van der Waals surface area (Å²) in [7, 11) is 0. The van der Waals surface area contributed by atoms with Crippen molar-refractivity contribution in [1.29, 1.82) is 0 Å². The third-order valence-corrected chi connectivity index (χ3v) is 4.33. The van der Waals surface area contributed by atoms with E-state index in [1.165, 1.54) is 16.5 Å². The van der Waals surface area contributed by atoms with Gasteiger partial charge >= 0.3 is 0 Å². The Balaban J connectivity index is 1.79. The number of para-hydroxylation sites is 1. The van der Waals surface area contributed by atoms with Crippen molar-refractivity contribution in [2.45, 2.75) is 26.4 Å². The molecule has 3 heteroatoms. The predicted molar refractivity (Wildman–Crippen MR) is 90.3 cm³/mol. The molecule has 108 valence electrons. The normalized spacial score (nSPS) is 12.7. The number of aryl methyl sites for hydroxylation is 1. The molecule has 1 atom stereocenters. The second-order valence-corrected chi connectivity index (χ2v) is 6.21. The summed E-state index contributed by atoms with van der Waals surface area (Å²) >= 11 is 3.52. The zero-order chi connectivity index (χ0) is 14.8. The number of rotatable bonds is 4. The molecule has 1 aromatic heterocycles. The average molecular weight is 344 g/mol. The lowest BCUT2D eigenvalue weighted by atomic mass is 10.1. The van der Waals surface area contributed by atoms with E-state index in [4.69, 9.17) is 4.42 Å². The van der Waals surface area contributed by atoms with Gasteiger partial charge < -0.3 is 9.73 Å². The molecule has 1 N–H and O–H groups in total. The van der Waals surface area contributed by atoms with Crippen LogP contribution in [0.3, 0.4) is 0 Å². The van der Waals surface area contributed by atoms with Crippen LogP contribution in [0.4, 0.5) is 0 Å². The molecule has 2 nitrogen and oxygen atoms in total. The third-order valence-electron chi connectivity index (χ3n) is 3.83. The molecule has 0 aliphatic rings. The first kappa shape index (κ1) is 14.4. The Labute approximate surface area is 133 Å². The summed E-state index contributed by atoms with van der Waals surface area (Å²) in [6.45, 7) is 5.01. The van der Waals surface area contributed by atoms with Crippen LogP contribution in [-0.2, 0) is 6.54 Å². The monoisotopic (exact) mass is 343 g/mol. The van der Waals surface area contributed by atoms with Gasteiger partial charge in [0.15, 0.2) is 0 Å². The van der Waals surface area contributed by atoms with Crippen LogP contribution >= 0.6 is 15.9 Å². The highest BCUT2D eigenvalue weighted by molar-refractivity contribution is 9.10. The number of furan rings is 1. The molecule has 0 bridgehead atoms. The lowest BCUT2D eigenvalue weighted by molar-refractivity contribution is 0.544. The lowest BCUT2D eigenvalue weighted by Gasteiger charge is -2.14. The van der Waals surface area contributed by atoms with Crippen molar-refractivity contribution in [3.63, 3.8) is 0 Å². The fraction of sp³-hybridized carbons (Fsp3) is 0.222. The Morgan fingerprint density at radius 3 is 2.76 bits per heavy atom. The van der Waals surface area contributed by atoms with Crippen LogP contribution in [0.5, 0.6) is 0 Å². The fourth-order valence-electron chi connectivity index (χ4n) is 2.59. The summed E-state index contributed by atoms with van der Waals surface area (Å²) in [5.41, 5.74) is 3.48. The van der Waals surface area contributed by atoms with Crippen LogP contribution in [0.15, 0.2) is 57.4 Å². The standard InChI is InChI=1S/C18H18BrNO/c1-12(14-6-5-7-15(19)10-14)20-11-17-13(2)21-18-9-4-3-8-16(17)18/h3-10,12,20H,11H2,1-2H3. The zero-order valence-electron chi connectivity index (χ0n) is 12.2. The van der Waals surface area contributed by atoms with E-state index >= 15 is 0 Å². The van der Waals surface area contributed by atoms with Crippen LogP contribution in [0.2, 0.25) is 0 Å². The molecule has 3 rings (SSSR count). The summed E-state index contributed by atoms with van der Waals surface area (Å²) < 4.78 is 6.92. The van der Waals surface area contributed by atoms with Crippen molar-refractivity contribution in [2.75, 3.05) is 0 Å². The molecule has 0 aliphatic carbocycles. The number of hydrogen-bond acceptors (Lipinski definition) is 2. The maximum atomic E-state index is 5.81. The molecule has 0 saturated heterocycles. The summed E-state index contributed by atoms with van der Waals surface area (Å²) in [6, 6.07) is 16.9. The van der Waals surface area contributed by atoms with Gasteiger partial charge in [0, 0.05) is 28.0 Å². The molecular weight excluding hydrogens is 326 g/mol. The smallest absolute Gasteiger partial charge is 0.134 e. The number of nitrogens with one attached hydrogen (secondary N) is 1. The largest absolute Gasteiger partial charge is 0.461 e. The van der Waals surface area contributed by atoms with Gasteiger partial charge in [0.25, 0.3) is 0 Å². The first-order valence-corrected chi connectivity index (χ1v) is 7.90. The number of halogens is 1. The van der Waals surface area contributed by atoms with Gasteiger partial charge in [-0.2, -0.15) is 0 Å². The van der Waals surface area contributed by atoms with Crippen LogP contribution in [0, 0.1) is 6.92 Å².